The summed E-state index contributed by atoms with van der Waals surface area (Å²) < 4.78 is 6.94. The molecular weight excluding hydrogens is 693 g/mol. The summed E-state index contributed by atoms with van der Waals surface area (Å²) in [5, 5.41) is 19.8. The van der Waals surface area contributed by atoms with Crippen molar-refractivity contribution in [3.63, 3.8) is 0 Å². The topological polar surface area (TPSA) is 140 Å². The third kappa shape index (κ3) is 17.4. The molecule has 0 heterocycles. The zero-order chi connectivity index (χ0) is 40.9. The molecule has 4 aliphatic rings. The fourth-order valence-corrected chi connectivity index (χ4v) is 12.3. The van der Waals surface area contributed by atoms with Crippen molar-refractivity contribution in [3.8, 4) is 0 Å². The van der Waals surface area contributed by atoms with E-state index in [0.717, 1.165) is 67.9 Å². The minimum Gasteiger partial charge on any atom is -0.396 e. The second kappa shape index (κ2) is 31.6. The van der Waals surface area contributed by atoms with Crippen LogP contribution in [0.5, 0.6) is 0 Å². The average Bonchev–Trinajstić information content (AvgIpc) is 3.56. The Bertz CT molecular complexity index is 901. The molecule has 9 atom stereocenters. The van der Waals surface area contributed by atoms with Crippen LogP contribution < -0.4 is 22.5 Å². The van der Waals surface area contributed by atoms with Crippen LogP contribution in [-0.2, 0) is 4.74 Å². The van der Waals surface area contributed by atoms with Crippen molar-refractivity contribution in [2.24, 2.45) is 63.5 Å². The highest BCUT2D eigenvalue weighted by Gasteiger charge is 2.63. The van der Waals surface area contributed by atoms with E-state index in [4.69, 9.17) is 32.2 Å². The molecule has 7 heteroatoms. The van der Waals surface area contributed by atoms with E-state index in [0.29, 0.717) is 30.0 Å². The van der Waals surface area contributed by atoms with Crippen molar-refractivity contribution in [2.75, 3.05) is 52.5 Å². The van der Waals surface area contributed by atoms with Crippen LogP contribution in [0.1, 0.15) is 207 Å². The highest BCUT2D eigenvalue weighted by Crippen LogP contribution is 2.69. The molecule has 0 spiro atoms. The van der Waals surface area contributed by atoms with Crippen LogP contribution >= 0.6 is 0 Å². The summed E-state index contributed by atoms with van der Waals surface area (Å²) in [6.07, 6.45) is 39.0. The van der Waals surface area contributed by atoms with Crippen LogP contribution in [0.4, 0.5) is 0 Å². The number of aliphatic hydroxyl groups excluding tert-OH is 2. The Morgan fingerprint density at radius 1 is 0.643 bits per heavy atom. The lowest BCUT2D eigenvalue weighted by molar-refractivity contribution is -0.185. The molecule has 0 aromatic heterocycles. The zero-order valence-electron chi connectivity index (χ0n) is 38.0. The van der Waals surface area contributed by atoms with Gasteiger partial charge in [-0.3, -0.25) is 0 Å². The first-order chi connectivity index (χ1) is 27.3. The predicted octanol–water partition coefficient (Wildman–Crippen LogP) is 10.5. The molecule has 0 amide bonds. The Labute approximate surface area is 349 Å². The van der Waals surface area contributed by atoms with Crippen LogP contribution in [-0.4, -0.2) is 68.9 Å². The van der Waals surface area contributed by atoms with Crippen LogP contribution in [0, 0.1) is 46.3 Å². The highest BCUT2D eigenvalue weighted by molar-refractivity contribution is 5.12. The van der Waals surface area contributed by atoms with Gasteiger partial charge in [0.1, 0.15) is 0 Å². The van der Waals surface area contributed by atoms with Gasteiger partial charge in [0, 0.05) is 19.8 Å². The second-order valence-corrected chi connectivity index (χ2v) is 19.4. The van der Waals surface area contributed by atoms with Gasteiger partial charge in [-0.2, -0.15) is 0 Å². The Morgan fingerprint density at radius 3 is 1.77 bits per heavy atom. The number of rotatable bonds is 28. The summed E-state index contributed by atoms with van der Waals surface area (Å²) in [7, 11) is 0. The Hall–Kier alpha value is -0.280. The summed E-state index contributed by atoms with van der Waals surface area (Å²) in [6.45, 7) is 16.0. The maximum atomic E-state index is 7.99. The largest absolute Gasteiger partial charge is 0.396 e. The molecule has 4 saturated carbocycles. The molecule has 7 nitrogen and oxygen atoms in total. The molecule has 0 aromatic rings. The van der Waals surface area contributed by atoms with Gasteiger partial charge in [0.25, 0.3) is 0 Å². The Morgan fingerprint density at radius 2 is 1.21 bits per heavy atom. The number of nitrogens with two attached hydrogens (primary N) is 3. The first-order valence-electron chi connectivity index (χ1n) is 24.9. The van der Waals surface area contributed by atoms with E-state index < -0.39 is 0 Å². The third-order valence-corrected chi connectivity index (χ3v) is 15.5. The molecule has 334 valence electrons. The van der Waals surface area contributed by atoms with Gasteiger partial charge in [-0.25, -0.2) is 0 Å². The number of unbranched alkanes of at least 4 members (excludes halogenated alkanes) is 13. The van der Waals surface area contributed by atoms with Crippen LogP contribution in [0.2, 0.25) is 0 Å². The average molecular weight is 793 g/mol. The quantitative estimate of drug-likeness (QED) is 0.0434. The molecule has 0 aromatic carbocycles. The van der Waals surface area contributed by atoms with Gasteiger partial charge < -0.3 is 37.5 Å². The number of aliphatic hydroxyl groups is 2. The van der Waals surface area contributed by atoms with Crippen molar-refractivity contribution in [1.29, 1.82) is 0 Å². The molecule has 4 rings (SSSR count). The summed E-state index contributed by atoms with van der Waals surface area (Å²) >= 11 is 0. The Kier molecular flexibility index (Phi) is 29.2. The van der Waals surface area contributed by atoms with E-state index in [1.165, 1.54) is 174 Å². The summed E-state index contributed by atoms with van der Waals surface area (Å²) in [4.78, 5) is 0. The smallest absolute Gasteiger partial charge is 0.0637 e. The second-order valence-electron chi connectivity index (χ2n) is 19.4. The monoisotopic (exact) mass is 793 g/mol. The molecule has 7 unspecified atom stereocenters. The lowest BCUT2D eigenvalue weighted by Gasteiger charge is -2.62. The SMILES string of the molecule is CCCCCCCCCCCCCCCCNCCC[C@@H](C)C1CCC2C3CCC4CCCCC4(C)C3C[C@H](OCCCN)C21C.NCCCO.NCCCO. The minimum atomic E-state index is 0.219. The van der Waals surface area contributed by atoms with Crippen molar-refractivity contribution in [1.82, 2.24) is 5.32 Å². The van der Waals surface area contributed by atoms with Crippen molar-refractivity contribution in [2.45, 2.75) is 214 Å². The summed E-state index contributed by atoms with van der Waals surface area (Å²) in [5.41, 5.74) is 16.8. The number of nitrogens with one attached hydrogen (secondary N) is 1. The molecule has 9 N–H and O–H groups in total. The van der Waals surface area contributed by atoms with Gasteiger partial charge >= 0.3 is 0 Å². The summed E-state index contributed by atoms with van der Waals surface area (Å²) in [6, 6.07) is 0. The maximum absolute atomic E-state index is 7.99. The van der Waals surface area contributed by atoms with Crippen LogP contribution in [0.25, 0.3) is 0 Å². The maximum Gasteiger partial charge on any atom is 0.0637 e. The molecule has 56 heavy (non-hydrogen) atoms. The highest BCUT2D eigenvalue weighted by atomic mass is 16.5. The first-order valence-corrected chi connectivity index (χ1v) is 24.9. The molecular formula is C49H100N4O3. The van der Waals surface area contributed by atoms with Crippen LogP contribution in [0.3, 0.4) is 0 Å². The van der Waals surface area contributed by atoms with Crippen molar-refractivity contribution in [3.05, 3.63) is 0 Å². The Balaban J connectivity index is 0.000000961. The van der Waals surface area contributed by atoms with E-state index in [9.17, 15) is 0 Å². The van der Waals surface area contributed by atoms with Gasteiger partial charge in [-0.15, -0.1) is 0 Å². The molecule has 4 fully saturated rings. The number of ether oxygens (including phenoxy) is 1. The van der Waals surface area contributed by atoms with E-state index in [-0.39, 0.29) is 13.2 Å². The zero-order valence-corrected chi connectivity index (χ0v) is 38.0. The first kappa shape index (κ1) is 51.9. The van der Waals surface area contributed by atoms with Gasteiger partial charge in [0.2, 0.25) is 0 Å². The van der Waals surface area contributed by atoms with Gasteiger partial charge in [-0.1, -0.05) is 124 Å². The van der Waals surface area contributed by atoms with Gasteiger partial charge in [-0.05, 0) is 163 Å². The summed E-state index contributed by atoms with van der Waals surface area (Å²) in [5.74, 6) is 5.31. The normalized spacial score (nSPS) is 29.9. The number of fused-ring (bicyclic) bond motifs is 5. The van der Waals surface area contributed by atoms with E-state index in [1.807, 2.05) is 0 Å². The molecule has 0 saturated heterocycles. The van der Waals surface area contributed by atoms with E-state index in [1.54, 1.807) is 0 Å². The fraction of sp³-hybridized carbons (Fsp3) is 1.00. The van der Waals surface area contributed by atoms with E-state index in [2.05, 4.69) is 33.0 Å². The van der Waals surface area contributed by atoms with E-state index >= 15 is 0 Å². The standard InChI is InChI=1S/C43H82N2O.2C3H9NO/c1-5-6-7-8-9-10-11-12-13-14-15-16-17-20-31-45-32-21-23-35(2)38-27-28-39-37-26-25-36-24-18-19-29-42(36,3)40(37)34-41(43(38,39)4)46-33-22-30-44;2*4-2-1-3-5/h35-41,45H,5-34,44H2,1-4H3;2*5H,1-4H2/t35-,36?,37?,38?,39?,40?,41+,42?,43?;;/m1../s1. The van der Waals surface area contributed by atoms with Gasteiger partial charge in [0.05, 0.1) is 6.10 Å². The minimum absolute atomic E-state index is 0.219. The van der Waals surface area contributed by atoms with Crippen molar-refractivity contribution < 1.29 is 14.9 Å². The number of hydrogen-bond donors (Lipinski definition) is 6. The lowest BCUT2D eigenvalue weighted by atomic mass is 9.44. The van der Waals surface area contributed by atoms with Gasteiger partial charge in [0.15, 0.2) is 0 Å². The molecule has 4 aliphatic carbocycles. The molecule has 0 bridgehead atoms. The fourth-order valence-electron chi connectivity index (χ4n) is 12.3. The lowest BCUT2D eigenvalue weighted by Crippen LogP contribution is -2.58. The molecule has 0 radical (unpaired) electrons. The third-order valence-electron chi connectivity index (χ3n) is 15.5. The van der Waals surface area contributed by atoms with Crippen molar-refractivity contribution >= 4 is 0 Å². The predicted molar refractivity (Wildman–Crippen MR) is 242 cm³/mol. The molecule has 0 aliphatic heterocycles. The number of hydrogen-bond acceptors (Lipinski definition) is 7. The van der Waals surface area contributed by atoms with Crippen LogP contribution in [0.15, 0.2) is 0 Å².